The third kappa shape index (κ3) is 5.87. The fourth-order valence-corrected chi connectivity index (χ4v) is 6.34. The molecular formula is C28H31ClN6O4S. The summed E-state index contributed by atoms with van der Waals surface area (Å²) in [4.78, 5) is 28.2. The van der Waals surface area contributed by atoms with Gasteiger partial charge >= 0.3 is 0 Å². The maximum Gasteiger partial charge on any atom is 0.251 e. The molecule has 1 aliphatic heterocycles. The Bertz CT molecular complexity index is 1600. The molecule has 3 N–H and O–H groups in total. The summed E-state index contributed by atoms with van der Waals surface area (Å²) in [7, 11) is -1.74. The highest BCUT2D eigenvalue weighted by Gasteiger charge is 2.32. The zero-order valence-electron chi connectivity index (χ0n) is 21.9. The Labute approximate surface area is 239 Å². The number of nitrogens with zero attached hydrogens (tertiary/aromatic N) is 4. The van der Waals surface area contributed by atoms with E-state index in [4.69, 9.17) is 0 Å². The van der Waals surface area contributed by atoms with Gasteiger partial charge in [0.15, 0.2) is 15.7 Å². The van der Waals surface area contributed by atoms with Crippen LogP contribution < -0.4 is 5.32 Å². The first kappa shape index (κ1) is 29.2. The van der Waals surface area contributed by atoms with Crippen LogP contribution in [0.5, 0.6) is 5.88 Å². The highest BCUT2D eigenvalue weighted by Crippen LogP contribution is 2.36. The number of aromatic nitrogens is 3. The van der Waals surface area contributed by atoms with Crippen molar-refractivity contribution in [3.05, 3.63) is 84.8 Å². The van der Waals surface area contributed by atoms with E-state index >= 15 is 0 Å². The van der Waals surface area contributed by atoms with Crippen LogP contribution >= 0.6 is 12.4 Å². The minimum absolute atomic E-state index is 0. The largest absolute Gasteiger partial charge is 0.494 e. The number of carbonyl (C=O) groups is 1. The van der Waals surface area contributed by atoms with Crippen molar-refractivity contribution < 1.29 is 18.3 Å². The number of amides is 1. The first-order valence-corrected chi connectivity index (χ1v) is 14.1. The first-order valence-electron chi connectivity index (χ1n) is 12.5. The second kappa shape index (κ2) is 12.2. The summed E-state index contributed by atoms with van der Waals surface area (Å²) >= 11 is 0. The van der Waals surface area contributed by atoms with Gasteiger partial charge in [-0.25, -0.2) is 8.42 Å². The van der Waals surface area contributed by atoms with Crippen LogP contribution in [0.4, 0.5) is 0 Å². The summed E-state index contributed by atoms with van der Waals surface area (Å²) in [6.45, 7) is 6.93. The Balaban J connectivity index is 0.00000370. The van der Waals surface area contributed by atoms with Crippen LogP contribution in [0.15, 0.2) is 78.6 Å². The molecule has 1 saturated heterocycles. The van der Waals surface area contributed by atoms with E-state index in [1.54, 1.807) is 36.7 Å². The van der Waals surface area contributed by atoms with E-state index < -0.39 is 15.2 Å². The van der Waals surface area contributed by atoms with E-state index in [-0.39, 0.29) is 29.1 Å². The molecule has 1 aliphatic rings. The number of halogens is 1. The van der Waals surface area contributed by atoms with Crippen molar-refractivity contribution in [2.75, 3.05) is 33.2 Å². The van der Waals surface area contributed by atoms with E-state index in [2.05, 4.69) is 31.7 Å². The lowest BCUT2D eigenvalue weighted by molar-refractivity contribution is 0.0951. The van der Waals surface area contributed by atoms with Crippen LogP contribution in [0.2, 0.25) is 0 Å². The molecule has 3 aromatic heterocycles. The van der Waals surface area contributed by atoms with E-state index in [1.165, 1.54) is 18.3 Å². The number of carbonyl (C=O) groups excluding carboxylic acids is 1. The minimum Gasteiger partial charge on any atom is -0.494 e. The second-order valence-corrected chi connectivity index (χ2v) is 11.6. The van der Waals surface area contributed by atoms with Gasteiger partial charge in [0.05, 0.1) is 16.2 Å². The number of H-pyrrole nitrogens is 1. The smallest absolute Gasteiger partial charge is 0.251 e. The number of aromatic amines is 1. The standard InChI is InChI=1S/C28H30N6O4S.ClH/c1-3-25(34-14-12-33(2)13-15-34)39(37,38)21-5-7-24(30-18-21)26-22-16-20(4-6-23(22)32-28(26)36)27(35)31-17-19-8-10-29-11-9-19;/h3-11,16,18,25,32,36H,1,12-15,17H2,2H3,(H,31,35);1H. The van der Waals surface area contributed by atoms with Crippen LogP contribution in [0.1, 0.15) is 15.9 Å². The lowest BCUT2D eigenvalue weighted by Gasteiger charge is -2.36. The Kier molecular flexibility index (Phi) is 8.89. The molecule has 1 aromatic carbocycles. The summed E-state index contributed by atoms with van der Waals surface area (Å²) in [5, 5.41) is 13.3. The van der Waals surface area contributed by atoms with Gasteiger partial charge in [-0.3, -0.25) is 19.7 Å². The van der Waals surface area contributed by atoms with Gasteiger partial charge in [0, 0.05) is 67.8 Å². The third-order valence-electron chi connectivity index (χ3n) is 6.98. The third-order valence-corrected chi connectivity index (χ3v) is 9.01. The quantitative estimate of drug-likeness (QED) is 0.270. The van der Waals surface area contributed by atoms with Gasteiger partial charge in [-0.05, 0) is 55.1 Å². The zero-order valence-corrected chi connectivity index (χ0v) is 23.6. The Morgan fingerprint density at radius 2 is 1.88 bits per heavy atom. The number of rotatable bonds is 8. The molecule has 4 aromatic rings. The highest BCUT2D eigenvalue weighted by molar-refractivity contribution is 7.92. The summed E-state index contributed by atoms with van der Waals surface area (Å²) in [5.74, 6) is -0.391. The number of benzene rings is 1. The van der Waals surface area contributed by atoms with Gasteiger partial charge in [-0.2, -0.15) is 0 Å². The number of piperazine rings is 1. The van der Waals surface area contributed by atoms with Crippen molar-refractivity contribution in [2.45, 2.75) is 16.8 Å². The molecule has 1 atom stereocenters. The zero-order chi connectivity index (χ0) is 27.6. The molecule has 1 amide bonds. The van der Waals surface area contributed by atoms with Crippen molar-refractivity contribution in [3.63, 3.8) is 0 Å². The van der Waals surface area contributed by atoms with Gasteiger partial charge in [0.1, 0.15) is 5.37 Å². The number of pyridine rings is 2. The topological polar surface area (TPSA) is 132 Å². The SMILES string of the molecule is C=CC(N1CCN(C)CC1)S(=O)(=O)c1ccc(-c2c(O)[nH]c3ccc(C(=O)NCc4ccncc4)cc23)nc1.Cl. The normalized spacial score (nSPS) is 15.3. The second-order valence-electron chi connectivity index (χ2n) is 9.54. The van der Waals surface area contributed by atoms with Crippen molar-refractivity contribution in [1.29, 1.82) is 0 Å². The number of hydrogen-bond donors (Lipinski definition) is 3. The minimum atomic E-state index is -3.75. The van der Waals surface area contributed by atoms with Gasteiger partial charge < -0.3 is 20.3 Å². The van der Waals surface area contributed by atoms with Gasteiger partial charge in [0.2, 0.25) is 0 Å². The molecule has 210 valence electrons. The molecule has 0 spiro atoms. The molecule has 0 bridgehead atoms. The molecule has 40 heavy (non-hydrogen) atoms. The van der Waals surface area contributed by atoms with Crippen LogP contribution in [0, 0.1) is 0 Å². The lowest BCUT2D eigenvalue weighted by Crippen LogP contribution is -2.50. The van der Waals surface area contributed by atoms with E-state index in [0.717, 1.165) is 18.7 Å². The fraction of sp³-hybridized carbons (Fsp3) is 0.250. The van der Waals surface area contributed by atoms with E-state index in [0.29, 0.717) is 47.4 Å². The molecule has 1 unspecified atom stereocenters. The average molecular weight is 583 g/mol. The molecule has 1 fully saturated rings. The molecule has 0 aliphatic carbocycles. The highest BCUT2D eigenvalue weighted by atomic mass is 35.5. The fourth-order valence-electron chi connectivity index (χ4n) is 4.75. The predicted octanol–water partition coefficient (Wildman–Crippen LogP) is 3.22. The monoisotopic (exact) mass is 582 g/mol. The van der Waals surface area contributed by atoms with Crippen LogP contribution in [0.3, 0.4) is 0 Å². The maximum absolute atomic E-state index is 13.4. The molecule has 4 heterocycles. The molecular weight excluding hydrogens is 552 g/mol. The Hall–Kier alpha value is -3.77. The number of nitrogens with one attached hydrogen (secondary N) is 2. The summed E-state index contributed by atoms with van der Waals surface area (Å²) in [6.07, 6.45) is 6.09. The number of aromatic hydroxyl groups is 1. The van der Waals surface area contributed by atoms with Crippen LogP contribution in [-0.2, 0) is 16.4 Å². The summed E-state index contributed by atoms with van der Waals surface area (Å²) in [5.41, 5.74) is 2.72. The predicted molar refractivity (Wildman–Crippen MR) is 156 cm³/mol. The van der Waals surface area contributed by atoms with Gasteiger partial charge in [-0.1, -0.05) is 6.08 Å². The van der Waals surface area contributed by atoms with Crippen molar-refractivity contribution in [3.8, 4) is 17.1 Å². The first-order chi connectivity index (χ1) is 18.8. The van der Waals surface area contributed by atoms with Gasteiger partial charge in [-0.15, -0.1) is 19.0 Å². The van der Waals surface area contributed by atoms with Gasteiger partial charge in [0.25, 0.3) is 5.91 Å². The average Bonchev–Trinajstić information content (AvgIpc) is 3.28. The molecule has 0 radical (unpaired) electrons. The summed E-state index contributed by atoms with van der Waals surface area (Å²) < 4.78 is 26.9. The Morgan fingerprint density at radius 1 is 1.15 bits per heavy atom. The number of likely N-dealkylation sites (N-methyl/N-ethyl adjacent to an activating group) is 1. The number of fused-ring (bicyclic) bond motifs is 1. The summed E-state index contributed by atoms with van der Waals surface area (Å²) in [6, 6.07) is 11.8. The van der Waals surface area contributed by atoms with E-state index in [9.17, 15) is 18.3 Å². The van der Waals surface area contributed by atoms with Crippen molar-refractivity contribution >= 4 is 39.1 Å². The number of sulfone groups is 1. The van der Waals surface area contributed by atoms with Crippen molar-refractivity contribution in [1.82, 2.24) is 30.1 Å². The van der Waals surface area contributed by atoms with E-state index in [1.807, 2.05) is 24.1 Å². The molecule has 5 rings (SSSR count). The van der Waals surface area contributed by atoms with Crippen LogP contribution in [-0.4, -0.2) is 82.8 Å². The maximum atomic E-state index is 13.4. The van der Waals surface area contributed by atoms with Crippen LogP contribution in [0.25, 0.3) is 22.2 Å². The lowest BCUT2D eigenvalue weighted by atomic mass is 10.1. The number of hydrogen-bond acceptors (Lipinski definition) is 8. The molecule has 10 nitrogen and oxygen atoms in total. The molecule has 12 heteroatoms. The Morgan fingerprint density at radius 3 is 2.52 bits per heavy atom. The molecule has 0 saturated carbocycles. The van der Waals surface area contributed by atoms with Crippen molar-refractivity contribution in [2.24, 2.45) is 0 Å².